The third kappa shape index (κ3) is 37.2. The molecule has 25 heteroatoms. The molecule has 3 aliphatic rings. The topological polar surface area (TPSA) is 374 Å². The number of hydrogen-bond acceptors (Lipinski definition) is 23. The fraction of sp³-hybridized carbons (Fsp3) is 0.904. The van der Waals surface area contributed by atoms with Crippen LogP contribution in [0.15, 0.2) is 24.3 Å². The number of hydrogen-bond donors (Lipinski definition) is 11. The Kier molecular flexibility index (Phi) is 49.5. The molecule has 2 aliphatic heterocycles. The van der Waals surface area contributed by atoms with Gasteiger partial charge in [0.1, 0.15) is 98.7 Å². The summed E-state index contributed by atoms with van der Waals surface area (Å²) in [5, 5.41) is 110. The molecular weight excluding hydrogens is 1290 g/mol. The highest BCUT2D eigenvalue weighted by molar-refractivity contribution is 7.47. The number of phosphoric acid groups is 1. The Hall–Kier alpha value is -2.56. The summed E-state index contributed by atoms with van der Waals surface area (Å²) in [6, 6.07) is 0. The van der Waals surface area contributed by atoms with Crippen molar-refractivity contribution in [3.05, 3.63) is 24.3 Å². The van der Waals surface area contributed by atoms with Crippen LogP contribution in [0.25, 0.3) is 0 Å². The van der Waals surface area contributed by atoms with Crippen LogP contribution in [-0.2, 0) is 61.2 Å². The van der Waals surface area contributed by atoms with Crippen LogP contribution < -0.4 is 0 Å². The first-order valence-corrected chi connectivity index (χ1v) is 39.5. The van der Waals surface area contributed by atoms with Crippen LogP contribution in [0.5, 0.6) is 0 Å². The van der Waals surface area contributed by atoms with Crippen molar-refractivity contribution in [2.45, 2.75) is 389 Å². The molecule has 2 heterocycles. The lowest BCUT2D eigenvalue weighted by Gasteiger charge is -2.49. The molecule has 0 aromatic carbocycles. The second kappa shape index (κ2) is 54.1. The van der Waals surface area contributed by atoms with Crippen molar-refractivity contribution >= 4 is 25.7 Å². The summed E-state index contributed by atoms with van der Waals surface area (Å²) in [5.74, 6) is -1.55. The Morgan fingerprint density at radius 3 is 1.29 bits per heavy atom. The van der Waals surface area contributed by atoms with E-state index in [0.717, 1.165) is 96.0 Å². The molecule has 11 N–H and O–H groups in total. The van der Waals surface area contributed by atoms with E-state index in [-0.39, 0.29) is 12.8 Å². The molecule has 2 saturated heterocycles. The van der Waals surface area contributed by atoms with Gasteiger partial charge in [0.2, 0.25) is 0 Å². The minimum absolute atomic E-state index is 0.0262. The summed E-state index contributed by atoms with van der Waals surface area (Å²) in [6.45, 7) is 5.66. The number of phosphoric ester groups is 1. The lowest BCUT2D eigenvalue weighted by Crippen LogP contribution is -2.69. The molecule has 3 rings (SSSR count). The van der Waals surface area contributed by atoms with Gasteiger partial charge in [-0.3, -0.25) is 18.6 Å². The summed E-state index contributed by atoms with van der Waals surface area (Å²) < 4.78 is 64.8. The number of carbonyl (C=O) groups excluding carboxylic acids is 3. The van der Waals surface area contributed by atoms with Crippen molar-refractivity contribution in [1.82, 2.24) is 0 Å². The van der Waals surface area contributed by atoms with Gasteiger partial charge >= 0.3 is 25.7 Å². The van der Waals surface area contributed by atoms with Crippen LogP contribution in [0.1, 0.15) is 285 Å². The number of aliphatic hydroxyl groups excluding tert-OH is 10. The molecule has 574 valence electrons. The van der Waals surface area contributed by atoms with Crippen molar-refractivity contribution in [3.8, 4) is 0 Å². The Morgan fingerprint density at radius 2 is 0.837 bits per heavy atom. The smallest absolute Gasteiger partial charge is 0.463 e. The lowest BCUT2D eigenvalue weighted by molar-refractivity contribution is -0.360. The SMILES string of the molecule is CCCCCCCCCCCCC/C=C/C=C/C(=O)OC(COC(=O)CCCCCCCCC(C)CCCCCCCC)COP(=O)(O)OC1C(OC2OC(CO)C(O)C(O)C2O)C(O)C(O)C(O)C1OC1OC(COC(=O)CCCCCCCCCCCCCC)C(O)C(O)C1O. The number of allylic oxidation sites excluding steroid dienone is 3. The maximum atomic E-state index is 14.3. The molecule has 1 saturated carbocycles. The van der Waals surface area contributed by atoms with E-state index < -0.39 is 156 Å². The van der Waals surface area contributed by atoms with Crippen LogP contribution >= 0.6 is 7.82 Å². The number of ether oxygens (including phenoxy) is 7. The predicted octanol–water partition coefficient (Wildman–Crippen LogP) is 10.4. The minimum atomic E-state index is -5.72. The molecule has 0 radical (unpaired) electrons. The number of rotatable bonds is 58. The summed E-state index contributed by atoms with van der Waals surface area (Å²) >= 11 is 0. The second-order valence-corrected chi connectivity index (χ2v) is 29.1. The number of esters is 3. The zero-order valence-corrected chi connectivity index (χ0v) is 60.9. The number of aliphatic hydroxyl groups is 10. The first-order chi connectivity index (χ1) is 47.2. The van der Waals surface area contributed by atoms with Crippen molar-refractivity contribution in [2.75, 3.05) is 26.4 Å². The number of carbonyl (C=O) groups is 3. The first kappa shape index (κ1) is 89.7. The lowest BCUT2D eigenvalue weighted by atomic mass is 9.84. The third-order valence-electron chi connectivity index (χ3n) is 19.0. The molecular formula is C73H133O24P. The van der Waals surface area contributed by atoms with Crippen LogP contribution in [-0.4, -0.2) is 204 Å². The maximum absolute atomic E-state index is 14.3. The van der Waals surface area contributed by atoms with Crippen molar-refractivity contribution < 1.29 is 117 Å². The highest BCUT2D eigenvalue weighted by Gasteiger charge is 2.58. The standard InChI is InChI=1S/C73H133O24P/c1-5-8-11-14-17-19-21-23-24-25-27-29-31-38-43-48-59(77)92-54(50-89-57(75)46-41-37-33-32-35-40-45-53(4)44-39-34-16-13-10-7-3)51-91-98(87,88)97-71-69(95-72-67(85)62(80)60(78)55(49-74)93-72)65(83)64(82)66(84)70(71)96-73-68(86)63(81)61(79)56(94-73)52-90-58(76)47-42-36-30-28-26-22-20-18-15-12-9-6-2/h31,38,43,48,53-56,60-74,78-86H,5-30,32-37,39-42,44-47,49-52H2,1-4H3,(H,87,88)/b38-31+,48-43+. The molecule has 1 aliphatic carbocycles. The highest BCUT2D eigenvalue weighted by Crippen LogP contribution is 2.49. The Balaban J connectivity index is 1.76. The molecule has 0 spiro atoms. The maximum Gasteiger partial charge on any atom is 0.472 e. The van der Waals surface area contributed by atoms with Crippen LogP contribution in [0.2, 0.25) is 0 Å². The van der Waals surface area contributed by atoms with Crippen molar-refractivity contribution in [2.24, 2.45) is 5.92 Å². The fourth-order valence-electron chi connectivity index (χ4n) is 12.7. The van der Waals surface area contributed by atoms with E-state index in [1.807, 2.05) is 6.08 Å². The van der Waals surface area contributed by atoms with Crippen LogP contribution in [0.3, 0.4) is 0 Å². The van der Waals surface area contributed by atoms with E-state index >= 15 is 0 Å². The van der Waals surface area contributed by atoms with Gasteiger partial charge in [-0.1, -0.05) is 264 Å². The van der Waals surface area contributed by atoms with E-state index in [1.165, 1.54) is 147 Å². The summed E-state index contributed by atoms with van der Waals surface area (Å²) in [4.78, 5) is 50.9. The molecule has 0 aromatic rings. The van der Waals surface area contributed by atoms with Gasteiger partial charge in [-0.25, -0.2) is 9.36 Å². The van der Waals surface area contributed by atoms with Gasteiger partial charge in [-0.15, -0.1) is 0 Å². The zero-order chi connectivity index (χ0) is 71.9. The predicted molar refractivity (Wildman–Crippen MR) is 370 cm³/mol. The summed E-state index contributed by atoms with van der Waals surface area (Å²) in [5.41, 5.74) is 0. The Bertz CT molecular complexity index is 2140. The van der Waals surface area contributed by atoms with Gasteiger partial charge in [0, 0.05) is 18.9 Å². The van der Waals surface area contributed by atoms with E-state index in [4.69, 9.17) is 42.2 Å². The fourth-order valence-corrected chi connectivity index (χ4v) is 13.6. The normalized spacial score (nSPS) is 28.1. The molecule has 24 nitrogen and oxygen atoms in total. The van der Waals surface area contributed by atoms with E-state index in [1.54, 1.807) is 6.08 Å². The van der Waals surface area contributed by atoms with Crippen LogP contribution in [0.4, 0.5) is 0 Å². The first-order valence-electron chi connectivity index (χ1n) is 38.1. The van der Waals surface area contributed by atoms with Gasteiger partial charge in [-0.2, -0.15) is 0 Å². The average molecular weight is 1430 g/mol. The molecule has 3 fully saturated rings. The third-order valence-corrected chi connectivity index (χ3v) is 20.0. The van der Waals surface area contributed by atoms with Crippen molar-refractivity contribution in [1.29, 1.82) is 0 Å². The van der Waals surface area contributed by atoms with Gasteiger partial charge < -0.3 is 89.1 Å². The van der Waals surface area contributed by atoms with Crippen LogP contribution in [0, 0.1) is 5.92 Å². The quantitative estimate of drug-likeness (QED) is 0.00673. The largest absolute Gasteiger partial charge is 0.472 e. The molecule has 0 aromatic heterocycles. The van der Waals surface area contributed by atoms with Crippen molar-refractivity contribution in [3.63, 3.8) is 0 Å². The highest BCUT2D eigenvalue weighted by atomic mass is 31.2. The van der Waals surface area contributed by atoms with Gasteiger partial charge in [0.15, 0.2) is 18.7 Å². The summed E-state index contributed by atoms with van der Waals surface area (Å²) in [6.07, 6.45) is 13.2. The monoisotopic (exact) mass is 1420 g/mol. The summed E-state index contributed by atoms with van der Waals surface area (Å²) in [7, 11) is -5.72. The van der Waals surface area contributed by atoms with E-state index in [0.29, 0.717) is 18.8 Å². The minimum Gasteiger partial charge on any atom is -0.463 e. The second-order valence-electron chi connectivity index (χ2n) is 27.7. The van der Waals surface area contributed by atoms with E-state index in [2.05, 4.69) is 27.7 Å². The van der Waals surface area contributed by atoms with E-state index in [9.17, 15) is 74.9 Å². The number of unbranched alkanes of at least 4 members (excludes halogenated alkanes) is 32. The van der Waals surface area contributed by atoms with Gasteiger partial charge in [0.05, 0.1) is 13.2 Å². The molecule has 0 amide bonds. The zero-order valence-electron chi connectivity index (χ0n) is 60.0. The Labute approximate surface area is 585 Å². The van der Waals surface area contributed by atoms with Gasteiger partial charge in [-0.05, 0) is 31.6 Å². The van der Waals surface area contributed by atoms with Gasteiger partial charge in [0.25, 0.3) is 0 Å². The molecule has 19 unspecified atom stereocenters. The Morgan fingerprint density at radius 1 is 0.449 bits per heavy atom. The molecule has 19 atom stereocenters. The average Bonchev–Trinajstić information content (AvgIpc) is 0.764. The molecule has 98 heavy (non-hydrogen) atoms. The molecule has 0 bridgehead atoms.